The third-order valence-electron chi connectivity index (χ3n) is 10.9. The second kappa shape index (κ2) is 17.7. The number of nitrogens with one attached hydrogen (secondary N) is 7. The van der Waals surface area contributed by atoms with Gasteiger partial charge in [0.25, 0.3) is 0 Å². The second-order valence-electron chi connectivity index (χ2n) is 14.6. The number of thiazole rings is 1. The number of aromatic amines is 1. The van der Waals surface area contributed by atoms with Gasteiger partial charge in [-0.05, 0) is 85.9 Å². The van der Waals surface area contributed by atoms with E-state index < -0.39 is 47.3 Å². The molecule has 3 atom stereocenters. The van der Waals surface area contributed by atoms with Gasteiger partial charge in [-0.15, -0.1) is 22.7 Å². The third-order valence-corrected chi connectivity index (χ3v) is 12.5. The van der Waals surface area contributed by atoms with Crippen molar-refractivity contribution < 1.29 is 24.0 Å². The number of carbonyl (C=O) groups is 5. The molecule has 0 spiro atoms. The molecule has 0 radical (unpaired) electrons. The fourth-order valence-corrected chi connectivity index (χ4v) is 9.18. The maximum Gasteiger partial charge on any atom is 0.243 e. The van der Waals surface area contributed by atoms with E-state index in [4.69, 9.17) is 5.73 Å². The Morgan fingerprint density at radius 2 is 1.41 bits per heavy atom. The van der Waals surface area contributed by atoms with Gasteiger partial charge in [-0.1, -0.05) is 36.4 Å². The molecule has 5 aromatic rings. The summed E-state index contributed by atoms with van der Waals surface area (Å²) >= 11 is 2.92. The first kappa shape index (κ1) is 39.1. The molecule has 0 aliphatic carbocycles. The summed E-state index contributed by atoms with van der Waals surface area (Å²) in [6, 6.07) is 12.3. The number of hydrogen-bond acceptors (Lipinski definition) is 10. The molecule has 0 bridgehead atoms. The number of nitrogens with zero attached hydrogens (tertiary/aromatic N) is 1. The lowest BCUT2D eigenvalue weighted by Crippen LogP contribution is -2.65. The van der Waals surface area contributed by atoms with Gasteiger partial charge in [-0.3, -0.25) is 24.0 Å². The van der Waals surface area contributed by atoms with Gasteiger partial charge >= 0.3 is 0 Å². The number of nitrogens with two attached hydrogens (primary N) is 1. The molecule has 16 heteroatoms. The number of thiophene rings is 1. The fraction of sp³-hybridized carbons (Fsp3) is 0.400. The lowest BCUT2D eigenvalue weighted by atomic mass is 9.87. The summed E-state index contributed by atoms with van der Waals surface area (Å²) in [5.74, 6) is -2.81. The Morgan fingerprint density at radius 1 is 0.768 bits per heavy atom. The number of benzene rings is 2. The van der Waals surface area contributed by atoms with E-state index >= 15 is 0 Å². The SMILES string of the molecule is NC(=O)C1(NC(=O)[C@H](Cc2cscn2)NC(=O)[C@@H](Cc2c[nH]c3ccccc23)NC(=O)[C@@H](Cc2csc3ccccc23)NC(=O)C2CCNCC2)CCNCC1. The van der Waals surface area contributed by atoms with Crippen LogP contribution in [-0.2, 0) is 43.2 Å². The Balaban J connectivity index is 1.18. The van der Waals surface area contributed by atoms with Crippen LogP contribution in [0.1, 0.15) is 42.5 Å². The van der Waals surface area contributed by atoms with Crippen LogP contribution < -0.4 is 37.6 Å². The van der Waals surface area contributed by atoms with Gasteiger partial charge in [0.2, 0.25) is 29.5 Å². The van der Waals surface area contributed by atoms with Crippen LogP contribution in [0.25, 0.3) is 21.0 Å². The highest BCUT2D eigenvalue weighted by atomic mass is 32.1. The Morgan fingerprint density at radius 3 is 2.12 bits per heavy atom. The number of aromatic nitrogens is 2. The van der Waals surface area contributed by atoms with Crippen molar-refractivity contribution in [1.82, 2.24) is 41.9 Å². The zero-order valence-electron chi connectivity index (χ0n) is 30.9. The molecule has 294 valence electrons. The van der Waals surface area contributed by atoms with Crippen molar-refractivity contribution in [2.24, 2.45) is 11.7 Å². The molecule has 5 amide bonds. The molecule has 2 aromatic carbocycles. The van der Waals surface area contributed by atoms with Crippen LogP contribution in [0.3, 0.4) is 0 Å². The van der Waals surface area contributed by atoms with Crippen molar-refractivity contribution in [1.29, 1.82) is 0 Å². The van der Waals surface area contributed by atoms with Crippen molar-refractivity contribution in [2.75, 3.05) is 26.2 Å². The number of primary amides is 1. The van der Waals surface area contributed by atoms with Crippen LogP contribution >= 0.6 is 22.7 Å². The largest absolute Gasteiger partial charge is 0.368 e. The topological polar surface area (TPSA) is 212 Å². The highest BCUT2D eigenvalue weighted by Crippen LogP contribution is 2.27. The van der Waals surface area contributed by atoms with E-state index in [1.54, 1.807) is 28.4 Å². The summed E-state index contributed by atoms with van der Waals surface area (Å²) in [5.41, 5.74) is 9.33. The van der Waals surface area contributed by atoms with Crippen LogP contribution in [0, 0.1) is 5.92 Å². The minimum Gasteiger partial charge on any atom is -0.368 e. The zero-order valence-corrected chi connectivity index (χ0v) is 32.5. The van der Waals surface area contributed by atoms with E-state index in [0.717, 1.165) is 32.1 Å². The number of hydrogen-bond donors (Lipinski definition) is 8. The molecule has 0 saturated carbocycles. The Labute approximate surface area is 332 Å². The quantitative estimate of drug-likeness (QED) is 0.0784. The van der Waals surface area contributed by atoms with E-state index in [0.29, 0.717) is 57.6 Å². The first-order valence-electron chi connectivity index (χ1n) is 19.0. The number of rotatable bonds is 15. The van der Waals surface area contributed by atoms with Gasteiger partial charge in [0, 0.05) is 52.4 Å². The molecular weight excluding hydrogens is 751 g/mol. The van der Waals surface area contributed by atoms with E-state index in [-0.39, 0.29) is 31.1 Å². The number of H-pyrrole nitrogens is 1. The summed E-state index contributed by atoms with van der Waals surface area (Å²) < 4.78 is 1.06. The van der Waals surface area contributed by atoms with Crippen molar-refractivity contribution in [3.63, 3.8) is 0 Å². The molecular formula is C40H47N9O5S2. The Kier molecular flexibility index (Phi) is 12.4. The van der Waals surface area contributed by atoms with Gasteiger partial charge in [-0.2, -0.15) is 0 Å². The van der Waals surface area contributed by atoms with E-state index in [1.165, 1.54) is 11.3 Å². The molecule has 56 heavy (non-hydrogen) atoms. The van der Waals surface area contributed by atoms with Gasteiger partial charge in [-0.25, -0.2) is 4.98 Å². The maximum absolute atomic E-state index is 14.5. The number of piperidine rings is 2. The van der Waals surface area contributed by atoms with Gasteiger partial charge < -0.3 is 42.6 Å². The number of para-hydroxylation sites is 1. The van der Waals surface area contributed by atoms with Crippen molar-refractivity contribution in [3.8, 4) is 0 Å². The van der Waals surface area contributed by atoms with Crippen molar-refractivity contribution in [2.45, 2.75) is 68.6 Å². The number of fused-ring (bicyclic) bond motifs is 2. The first-order valence-corrected chi connectivity index (χ1v) is 20.8. The maximum atomic E-state index is 14.5. The smallest absolute Gasteiger partial charge is 0.243 e. The van der Waals surface area contributed by atoms with Crippen molar-refractivity contribution in [3.05, 3.63) is 87.8 Å². The van der Waals surface area contributed by atoms with Crippen LogP contribution in [0.15, 0.2) is 71.0 Å². The average molecular weight is 798 g/mol. The molecule has 14 nitrogen and oxygen atoms in total. The molecule has 3 aromatic heterocycles. The molecule has 0 unspecified atom stereocenters. The number of amides is 5. The normalized spacial score (nSPS) is 17.4. The van der Waals surface area contributed by atoms with E-state index in [1.807, 2.05) is 53.9 Å². The lowest BCUT2D eigenvalue weighted by Gasteiger charge is -2.36. The minimum absolute atomic E-state index is 0.0437. The second-order valence-corrected chi connectivity index (χ2v) is 16.2. The molecule has 2 fully saturated rings. The van der Waals surface area contributed by atoms with Gasteiger partial charge in [0.05, 0.1) is 11.2 Å². The zero-order chi connectivity index (χ0) is 39.1. The molecule has 5 heterocycles. The predicted octanol–water partition coefficient (Wildman–Crippen LogP) is 2.04. The predicted molar refractivity (Wildman–Crippen MR) is 217 cm³/mol. The van der Waals surface area contributed by atoms with Crippen LogP contribution in [0.2, 0.25) is 0 Å². The lowest BCUT2D eigenvalue weighted by molar-refractivity contribution is -0.136. The Bertz CT molecular complexity index is 2170. The molecule has 2 aliphatic heterocycles. The van der Waals surface area contributed by atoms with Crippen molar-refractivity contribution >= 4 is 73.2 Å². The van der Waals surface area contributed by atoms with Crippen LogP contribution in [0.4, 0.5) is 0 Å². The summed E-state index contributed by atoms with van der Waals surface area (Å²) in [4.78, 5) is 77.1. The van der Waals surface area contributed by atoms with Crippen LogP contribution in [-0.4, -0.2) is 89.3 Å². The molecule has 2 saturated heterocycles. The summed E-state index contributed by atoms with van der Waals surface area (Å²) in [7, 11) is 0. The monoisotopic (exact) mass is 797 g/mol. The Hall–Kier alpha value is -5.16. The summed E-state index contributed by atoms with van der Waals surface area (Å²) in [6.07, 6.45) is 4.06. The van der Waals surface area contributed by atoms with Gasteiger partial charge in [0.1, 0.15) is 23.7 Å². The van der Waals surface area contributed by atoms with E-state index in [2.05, 4.69) is 41.9 Å². The number of carbonyl (C=O) groups excluding carboxylic acids is 5. The molecule has 9 N–H and O–H groups in total. The fourth-order valence-electron chi connectivity index (χ4n) is 7.63. The van der Waals surface area contributed by atoms with E-state index in [9.17, 15) is 24.0 Å². The average Bonchev–Trinajstić information content (AvgIpc) is 3.99. The standard InChI is InChI=1S/C40H47N9O5S2/c41-39(54)40(11-15-43-16-12-40)49-38(53)33(19-27-22-55-23-45-27)48-36(51)31(17-25-20-44-30-7-3-1-5-28(25)30)47-37(52)32(46-35(50)24-9-13-42-14-10-24)18-26-21-56-34-8-4-2-6-29(26)34/h1-8,20-24,31-33,42-44H,9-19H2,(H2,41,54)(H,46,50)(H,47,52)(H,48,51)(H,49,53)/t31-,32-,33+/m1/s1. The first-order chi connectivity index (χ1) is 27.2. The molecule has 2 aliphatic rings. The minimum atomic E-state index is -1.28. The summed E-state index contributed by atoms with van der Waals surface area (Å²) in [6.45, 7) is 2.40. The van der Waals surface area contributed by atoms with Gasteiger partial charge in [0.15, 0.2) is 0 Å². The third kappa shape index (κ3) is 9.10. The van der Waals surface area contributed by atoms with Crippen LogP contribution in [0.5, 0.6) is 0 Å². The molecule has 7 rings (SSSR count). The summed E-state index contributed by atoms with van der Waals surface area (Å²) in [5, 5.41) is 23.9. The highest BCUT2D eigenvalue weighted by Gasteiger charge is 2.41. The highest BCUT2D eigenvalue weighted by molar-refractivity contribution is 7.17.